The minimum absolute atomic E-state index is 0.0137. The van der Waals surface area contributed by atoms with E-state index in [-0.39, 0.29) is 27.9 Å². The van der Waals surface area contributed by atoms with Gasteiger partial charge in [0.2, 0.25) is 0 Å². The molecule has 0 radical (unpaired) electrons. The van der Waals surface area contributed by atoms with Crippen molar-refractivity contribution in [1.82, 2.24) is 0 Å². The topological polar surface area (TPSA) is 83.6 Å². The summed E-state index contributed by atoms with van der Waals surface area (Å²) in [4.78, 5) is -0.0554. The summed E-state index contributed by atoms with van der Waals surface area (Å²) in [6, 6.07) is 10.3. The molecule has 0 spiro atoms. The lowest BCUT2D eigenvalue weighted by Gasteiger charge is -2.23. The number of aromatic hydroxyl groups is 1. The van der Waals surface area contributed by atoms with Crippen molar-refractivity contribution in [3.05, 3.63) is 47.5 Å². The number of rotatable bonds is 4. The second-order valence-electron chi connectivity index (χ2n) is 4.37. The van der Waals surface area contributed by atoms with Crippen LogP contribution in [0.3, 0.4) is 0 Å². The quantitative estimate of drug-likeness (QED) is 0.846. The molecule has 0 aliphatic rings. The Balaban J connectivity index is 2.57. The van der Waals surface area contributed by atoms with Gasteiger partial charge in [0.25, 0.3) is 10.0 Å². The van der Waals surface area contributed by atoms with E-state index in [9.17, 15) is 13.5 Å². The summed E-state index contributed by atoms with van der Waals surface area (Å²) in [6.07, 6.45) is 0. The van der Waals surface area contributed by atoms with Crippen LogP contribution in [0.1, 0.15) is 6.92 Å². The number of nitrogens with two attached hydrogens (primary N) is 1. The summed E-state index contributed by atoms with van der Waals surface area (Å²) >= 11 is 5.86. The van der Waals surface area contributed by atoms with Crippen LogP contribution in [0, 0.1) is 0 Å². The van der Waals surface area contributed by atoms with E-state index in [4.69, 9.17) is 17.3 Å². The van der Waals surface area contributed by atoms with Gasteiger partial charge in [0, 0.05) is 17.6 Å². The molecule has 0 amide bonds. The number of halogens is 1. The van der Waals surface area contributed by atoms with Crippen LogP contribution in [0.25, 0.3) is 0 Å². The molecule has 0 aromatic heterocycles. The average molecular weight is 327 g/mol. The van der Waals surface area contributed by atoms with Gasteiger partial charge in [0.05, 0.1) is 11.4 Å². The molecule has 5 nitrogen and oxygen atoms in total. The second kappa shape index (κ2) is 5.83. The third-order valence-corrected chi connectivity index (χ3v) is 5.14. The van der Waals surface area contributed by atoms with Crippen molar-refractivity contribution in [2.45, 2.75) is 11.8 Å². The van der Waals surface area contributed by atoms with Gasteiger partial charge in [-0.15, -0.1) is 0 Å². The fourth-order valence-electron chi connectivity index (χ4n) is 1.99. The number of phenolic OH excluding ortho intramolecular Hbond substituents is 1. The Morgan fingerprint density at radius 3 is 2.57 bits per heavy atom. The molecule has 0 aliphatic heterocycles. The summed E-state index contributed by atoms with van der Waals surface area (Å²) < 4.78 is 26.7. The van der Waals surface area contributed by atoms with Crippen LogP contribution < -0.4 is 10.0 Å². The number of hydrogen-bond acceptors (Lipinski definition) is 4. The Morgan fingerprint density at radius 2 is 1.95 bits per heavy atom. The first-order chi connectivity index (χ1) is 9.86. The number of hydrogen-bond donors (Lipinski definition) is 2. The van der Waals surface area contributed by atoms with E-state index < -0.39 is 10.0 Å². The van der Waals surface area contributed by atoms with Gasteiger partial charge in [-0.3, -0.25) is 4.31 Å². The monoisotopic (exact) mass is 326 g/mol. The minimum Gasteiger partial charge on any atom is -0.508 e. The van der Waals surface area contributed by atoms with Crippen LogP contribution in [-0.2, 0) is 10.0 Å². The molecule has 0 saturated carbocycles. The molecule has 0 atom stereocenters. The van der Waals surface area contributed by atoms with E-state index in [0.29, 0.717) is 5.69 Å². The molecule has 0 heterocycles. The highest BCUT2D eigenvalue weighted by Crippen LogP contribution is 2.30. The lowest BCUT2D eigenvalue weighted by molar-refractivity contribution is 0.475. The van der Waals surface area contributed by atoms with Crippen molar-refractivity contribution < 1.29 is 13.5 Å². The number of nitrogen functional groups attached to an aromatic ring is 1. The first kappa shape index (κ1) is 15.5. The zero-order chi connectivity index (χ0) is 15.6. The molecular weight excluding hydrogens is 312 g/mol. The maximum Gasteiger partial charge on any atom is 0.266 e. The van der Waals surface area contributed by atoms with Crippen LogP contribution in [0.2, 0.25) is 5.02 Å². The first-order valence-corrected chi connectivity index (χ1v) is 8.05. The number of sulfonamides is 1. The average Bonchev–Trinajstić information content (AvgIpc) is 2.42. The molecular formula is C14H15ClN2O3S. The molecule has 2 aromatic carbocycles. The van der Waals surface area contributed by atoms with Gasteiger partial charge in [0.15, 0.2) is 0 Å². The standard InChI is InChI=1S/C14H15ClN2O3S/c1-2-17(11-4-3-5-12(18)9-11)21(19,20)14-8-10(15)6-7-13(14)16/h3-9,18H,2,16H2,1H3. The normalized spacial score (nSPS) is 11.3. The third-order valence-electron chi connectivity index (χ3n) is 2.95. The van der Waals surface area contributed by atoms with Crippen molar-refractivity contribution in [1.29, 1.82) is 0 Å². The molecule has 21 heavy (non-hydrogen) atoms. The molecule has 0 unspecified atom stereocenters. The zero-order valence-corrected chi connectivity index (χ0v) is 12.9. The highest BCUT2D eigenvalue weighted by Gasteiger charge is 2.26. The number of nitrogens with zero attached hydrogens (tertiary/aromatic N) is 1. The van der Waals surface area contributed by atoms with Crippen molar-refractivity contribution in [3.63, 3.8) is 0 Å². The van der Waals surface area contributed by atoms with Crippen molar-refractivity contribution in [2.24, 2.45) is 0 Å². The number of benzene rings is 2. The zero-order valence-electron chi connectivity index (χ0n) is 11.3. The summed E-state index contributed by atoms with van der Waals surface area (Å²) in [6.45, 7) is 1.89. The minimum atomic E-state index is -3.86. The van der Waals surface area contributed by atoms with E-state index in [1.165, 1.54) is 30.3 Å². The largest absolute Gasteiger partial charge is 0.508 e. The molecule has 0 fully saturated rings. The highest BCUT2D eigenvalue weighted by molar-refractivity contribution is 7.93. The van der Waals surface area contributed by atoms with Gasteiger partial charge >= 0.3 is 0 Å². The Hall–Kier alpha value is -1.92. The van der Waals surface area contributed by atoms with E-state index in [2.05, 4.69) is 0 Å². The van der Waals surface area contributed by atoms with E-state index >= 15 is 0 Å². The van der Waals surface area contributed by atoms with Gasteiger partial charge in [-0.05, 0) is 37.3 Å². The Kier molecular flexibility index (Phi) is 4.29. The smallest absolute Gasteiger partial charge is 0.266 e. The van der Waals surface area contributed by atoms with E-state index in [1.54, 1.807) is 19.1 Å². The van der Waals surface area contributed by atoms with Gasteiger partial charge in [-0.2, -0.15) is 0 Å². The molecule has 0 saturated heterocycles. The Morgan fingerprint density at radius 1 is 1.24 bits per heavy atom. The van der Waals surface area contributed by atoms with Gasteiger partial charge in [-0.25, -0.2) is 8.42 Å². The highest BCUT2D eigenvalue weighted by atomic mass is 35.5. The van der Waals surface area contributed by atoms with Crippen molar-refractivity contribution in [2.75, 3.05) is 16.6 Å². The SMILES string of the molecule is CCN(c1cccc(O)c1)S(=O)(=O)c1cc(Cl)ccc1N. The molecule has 2 aromatic rings. The number of anilines is 2. The Bertz CT molecular complexity index is 763. The molecule has 7 heteroatoms. The predicted molar refractivity (Wildman–Crippen MR) is 84.2 cm³/mol. The third kappa shape index (κ3) is 3.06. The Labute approximate surface area is 128 Å². The molecule has 0 bridgehead atoms. The second-order valence-corrected chi connectivity index (χ2v) is 6.64. The first-order valence-electron chi connectivity index (χ1n) is 6.23. The van der Waals surface area contributed by atoms with Gasteiger partial charge in [0.1, 0.15) is 10.6 Å². The predicted octanol–water partition coefficient (Wildman–Crippen LogP) is 2.84. The van der Waals surface area contributed by atoms with Crippen LogP contribution >= 0.6 is 11.6 Å². The van der Waals surface area contributed by atoms with E-state index in [1.807, 2.05) is 0 Å². The maximum atomic E-state index is 12.8. The summed E-state index contributed by atoms with van der Waals surface area (Å²) in [5, 5.41) is 9.81. The molecule has 112 valence electrons. The van der Waals surface area contributed by atoms with Crippen LogP contribution in [0.4, 0.5) is 11.4 Å². The van der Waals surface area contributed by atoms with Crippen LogP contribution in [0.5, 0.6) is 5.75 Å². The fraction of sp³-hybridized carbons (Fsp3) is 0.143. The molecule has 0 aliphatic carbocycles. The summed E-state index contributed by atoms with van der Waals surface area (Å²) in [5.74, 6) is -0.0137. The van der Waals surface area contributed by atoms with E-state index in [0.717, 1.165) is 4.31 Å². The molecule has 2 rings (SSSR count). The van der Waals surface area contributed by atoms with Crippen molar-refractivity contribution >= 4 is 33.0 Å². The van der Waals surface area contributed by atoms with Crippen molar-refractivity contribution in [3.8, 4) is 5.75 Å². The van der Waals surface area contributed by atoms with Gasteiger partial charge in [-0.1, -0.05) is 17.7 Å². The van der Waals surface area contributed by atoms with Crippen LogP contribution in [-0.4, -0.2) is 20.1 Å². The van der Waals surface area contributed by atoms with Gasteiger partial charge < -0.3 is 10.8 Å². The lowest BCUT2D eigenvalue weighted by atomic mass is 10.3. The molecule has 3 N–H and O–H groups in total. The summed E-state index contributed by atoms with van der Waals surface area (Å²) in [7, 11) is -3.86. The maximum absolute atomic E-state index is 12.8. The lowest BCUT2D eigenvalue weighted by Crippen LogP contribution is -2.31. The van der Waals surface area contributed by atoms with Crippen LogP contribution in [0.15, 0.2) is 47.4 Å². The fourth-order valence-corrected chi connectivity index (χ4v) is 3.84. The number of phenols is 1. The summed E-state index contributed by atoms with van der Waals surface area (Å²) in [5.41, 5.74) is 6.24.